The van der Waals surface area contributed by atoms with E-state index in [1.54, 1.807) is 24.3 Å². The van der Waals surface area contributed by atoms with Gasteiger partial charge in [0, 0.05) is 5.69 Å². The molecule has 0 bridgehead atoms. The maximum atomic E-state index is 13.0. The van der Waals surface area contributed by atoms with E-state index in [0.29, 0.717) is 43.2 Å². The molecule has 2 amide bonds. The van der Waals surface area contributed by atoms with Gasteiger partial charge in [-0.05, 0) is 30.3 Å². The fraction of sp³-hybridized carbons (Fsp3) is 0.333. The van der Waals surface area contributed by atoms with Crippen molar-refractivity contribution in [3.8, 4) is 0 Å². The van der Waals surface area contributed by atoms with E-state index in [4.69, 9.17) is 0 Å². The van der Waals surface area contributed by atoms with Gasteiger partial charge >= 0.3 is 6.18 Å². The van der Waals surface area contributed by atoms with Crippen molar-refractivity contribution in [3.63, 3.8) is 0 Å². The molecule has 158 valence electrons. The van der Waals surface area contributed by atoms with Gasteiger partial charge in [-0.1, -0.05) is 18.2 Å². The van der Waals surface area contributed by atoms with Crippen molar-refractivity contribution < 1.29 is 27.7 Å². The molecular formula is C21H22F3N4O2+. The number of anilines is 3. The summed E-state index contributed by atoms with van der Waals surface area (Å²) in [5.41, 5.74) is 1.18. The van der Waals surface area contributed by atoms with E-state index < -0.39 is 11.7 Å². The predicted octanol–water partition coefficient (Wildman–Crippen LogP) is 1.40. The second-order valence-corrected chi connectivity index (χ2v) is 7.51. The van der Waals surface area contributed by atoms with Crippen molar-refractivity contribution in [2.24, 2.45) is 0 Å². The summed E-state index contributed by atoms with van der Waals surface area (Å²) in [4.78, 5) is 29.3. The van der Waals surface area contributed by atoms with Gasteiger partial charge in [0.1, 0.15) is 6.54 Å². The van der Waals surface area contributed by atoms with Crippen molar-refractivity contribution in [1.82, 2.24) is 0 Å². The SMILES string of the molecule is O=C1CN(C(=O)C[NH+]2CCN(c3cccc(C(F)(F)F)c3)CC2)c2ccccc2N1. The Kier molecular flexibility index (Phi) is 5.38. The van der Waals surface area contributed by atoms with Crippen LogP contribution in [0.3, 0.4) is 0 Å². The Morgan fingerprint density at radius 2 is 1.80 bits per heavy atom. The van der Waals surface area contributed by atoms with Crippen LogP contribution in [0.5, 0.6) is 0 Å². The molecule has 0 spiro atoms. The minimum absolute atomic E-state index is 0.0144. The van der Waals surface area contributed by atoms with Crippen LogP contribution >= 0.6 is 0 Å². The first-order valence-corrected chi connectivity index (χ1v) is 9.76. The molecule has 0 saturated carbocycles. The lowest BCUT2D eigenvalue weighted by Crippen LogP contribution is -3.16. The fourth-order valence-corrected chi connectivity index (χ4v) is 3.90. The first-order valence-electron chi connectivity index (χ1n) is 9.76. The standard InChI is InChI=1S/C21H21F3N4O2/c22-21(23,24)15-4-3-5-16(12-15)27-10-8-26(9-11-27)14-20(30)28-13-19(29)25-17-6-1-2-7-18(17)28/h1-7,12H,8-11,13-14H2,(H,25,29)/p+1. The Labute approximate surface area is 171 Å². The van der Waals surface area contributed by atoms with Gasteiger partial charge in [0.05, 0.1) is 43.1 Å². The lowest BCUT2D eigenvalue weighted by atomic mass is 10.1. The quantitative estimate of drug-likeness (QED) is 0.791. The predicted molar refractivity (Wildman–Crippen MR) is 107 cm³/mol. The number of piperazine rings is 1. The van der Waals surface area contributed by atoms with Crippen LogP contribution in [0.25, 0.3) is 0 Å². The summed E-state index contributed by atoms with van der Waals surface area (Å²) in [6, 6.07) is 12.5. The number of amides is 2. The Hall–Kier alpha value is -3.07. The summed E-state index contributed by atoms with van der Waals surface area (Å²) in [6.07, 6.45) is -4.37. The molecule has 0 aliphatic carbocycles. The molecule has 4 rings (SSSR count). The smallest absolute Gasteiger partial charge is 0.360 e. The number of nitrogens with one attached hydrogen (secondary N) is 2. The number of carbonyl (C=O) groups is 2. The van der Waals surface area contributed by atoms with Crippen LogP contribution in [0.1, 0.15) is 5.56 Å². The van der Waals surface area contributed by atoms with Gasteiger partial charge in [0.15, 0.2) is 6.54 Å². The molecular weight excluding hydrogens is 397 g/mol. The number of benzene rings is 2. The van der Waals surface area contributed by atoms with Gasteiger partial charge in [-0.2, -0.15) is 13.2 Å². The summed E-state index contributed by atoms with van der Waals surface area (Å²) in [6.45, 7) is 2.59. The van der Waals surface area contributed by atoms with Crippen molar-refractivity contribution in [2.45, 2.75) is 6.18 Å². The maximum Gasteiger partial charge on any atom is 0.416 e. The van der Waals surface area contributed by atoms with Crippen LogP contribution in [0.15, 0.2) is 48.5 Å². The van der Waals surface area contributed by atoms with Gasteiger partial charge < -0.3 is 15.1 Å². The minimum atomic E-state index is -4.37. The second-order valence-electron chi connectivity index (χ2n) is 7.51. The highest BCUT2D eigenvalue weighted by Crippen LogP contribution is 2.31. The minimum Gasteiger partial charge on any atom is -0.360 e. The Morgan fingerprint density at radius 3 is 2.53 bits per heavy atom. The molecule has 2 N–H and O–H groups in total. The van der Waals surface area contributed by atoms with Gasteiger partial charge in [0.25, 0.3) is 5.91 Å². The average Bonchev–Trinajstić information content (AvgIpc) is 2.73. The molecule has 6 nitrogen and oxygen atoms in total. The number of para-hydroxylation sites is 2. The van der Waals surface area contributed by atoms with Crippen LogP contribution in [-0.4, -0.2) is 51.1 Å². The van der Waals surface area contributed by atoms with Crippen molar-refractivity contribution in [3.05, 3.63) is 54.1 Å². The number of carbonyl (C=O) groups excluding carboxylic acids is 2. The molecule has 0 atom stereocenters. The average molecular weight is 419 g/mol. The summed E-state index contributed by atoms with van der Waals surface area (Å²) < 4.78 is 38.9. The van der Waals surface area contributed by atoms with E-state index in [2.05, 4.69) is 5.32 Å². The highest BCUT2D eigenvalue weighted by molar-refractivity contribution is 6.10. The number of rotatable bonds is 3. The monoisotopic (exact) mass is 419 g/mol. The van der Waals surface area contributed by atoms with E-state index in [-0.39, 0.29) is 24.9 Å². The Bertz CT molecular complexity index is 955. The van der Waals surface area contributed by atoms with Crippen molar-refractivity contribution in [1.29, 1.82) is 0 Å². The molecule has 0 aromatic heterocycles. The third-order valence-electron chi connectivity index (χ3n) is 5.48. The molecule has 2 aromatic carbocycles. The number of hydrogen-bond donors (Lipinski definition) is 2. The van der Waals surface area contributed by atoms with Crippen LogP contribution in [0, 0.1) is 0 Å². The first kappa shape index (κ1) is 20.2. The molecule has 30 heavy (non-hydrogen) atoms. The Morgan fingerprint density at radius 1 is 1.07 bits per heavy atom. The van der Waals surface area contributed by atoms with E-state index >= 15 is 0 Å². The number of quaternary nitrogens is 1. The van der Waals surface area contributed by atoms with Gasteiger partial charge in [-0.15, -0.1) is 0 Å². The summed E-state index contributed by atoms with van der Waals surface area (Å²) in [7, 11) is 0. The third kappa shape index (κ3) is 4.25. The van der Waals surface area contributed by atoms with E-state index in [1.807, 2.05) is 11.0 Å². The third-order valence-corrected chi connectivity index (χ3v) is 5.48. The molecule has 1 fully saturated rings. The fourth-order valence-electron chi connectivity index (χ4n) is 3.90. The van der Waals surface area contributed by atoms with Crippen LogP contribution in [-0.2, 0) is 15.8 Å². The summed E-state index contributed by atoms with van der Waals surface area (Å²) in [5.74, 6) is -0.369. The zero-order valence-electron chi connectivity index (χ0n) is 16.2. The Balaban J connectivity index is 1.38. The lowest BCUT2D eigenvalue weighted by molar-refractivity contribution is -0.892. The van der Waals surface area contributed by atoms with Gasteiger partial charge in [-0.25, -0.2) is 0 Å². The normalized spacial score (nSPS) is 17.5. The molecule has 1 saturated heterocycles. The number of alkyl halides is 3. The van der Waals surface area contributed by atoms with Gasteiger partial charge in [-0.3, -0.25) is 14.5 Å². The zero-order valence-corrected chi connectivity index (χ0v) is 16.2. The lowest BCUT2D eigenvalue weighted by Gasteiger charge is -2.35. The summed E-state index contributed by atoms with van der Waals surface area (Å²) >= 11 is 0. The molecule has 2 aromatic rings. The maximum absolute atomic E-state index is 13.0. The van der Waals surface area contributed by atoms with Gasteiger partial charge in [0.2, 0.25) is 5.91 Å². The largest absolute Gasteiger partial charge is 0.416 e. The number of nitrogens with zero attached hydrogens (tertiary/aromatic N) is 2. The zero-order chi connectivity index (χ0) is 21.3. The number of hydrogen-bond acceptors (Lipinski definition) is 3. The van der Waals surface area contributed by atoms with E-state index in [1.165, 1.54) is 17.0 Å². The topological polar surface area (TPSA) is 57.1 Å². The second kappa shape index (κ2) is 7.98. The van der Waals surface area contributed by atoms with E-state index in [9.17, 15) is 22.8 Å². The molecule has 9 heteroatoms. The van der Waals surface area contributed by atoms with Crippen molar-refractivity contribution >= 4 is 28.9 Å². The molecule has 2 aliphatic heterocycles. The van der Waals surface area contributed by atoms with Crippen LogP contribution < -0.4 is 20.0 Å². The molecule has 0 unspecified atom stereocenters. The number of fused-ring (bicyclic) bond motifs is 1. The summed E-state index contributed by atoms with van der Waals surface area (Å²) in [5, 5.41) is 2.76. The van der Waals surface area contributed by atoms with Crippen molar-refractivity contribution in [2.75, 3.05) is 54.4 Å². The molecule has 2 aliphatic rings. The highest BCUT2D eigenvalue weighted by atomic mass is 19.4. The number of halogens is 3. The van der Waals surface area contributed by atoms with Crippen LogP contribution in [0.2, 0.25) is 0 Å². The highest BCUT2D eigenvalue weighted by Gasteiger charge is 2.32. The van der Waals surface area contributed by atoms with E-state index in [0.717, 1.165) is 11.0 Å². The molecule has 0 radical (unpaired) electrons. The van der Waals surface area contributed by atoms with Crippen LogP contribution in [0.4, 0.5) is 30.2 Å². The molecule has 2 heterocycles. The first-order chi connectivity index (χ1) is 14.3.